The summed E-state index contributed by atoms with van der Waals surface area (Å²) in [6.07, 6.45) is 23.5. The van der Waals surface area contributed by atoms with Crippen LogP contribution in [0.2, 0.25) is 0 Å². The van der Waals surface area contributed by atoms with Crippen LogP contribution in [0.1, 0.15) is 103 Å². The Morgan fingerprint density at radius 3 is 1.62 bits per heavy atom. The molecule has 0 aromatic rings. The fraction of sp³-hybridized carbons (Fsp3) is 0.905. The van der Waals surface area contributed by atoms with E-state index in [9.17, 15) is 0 Å². The van der Waals surface area contributed by atoms with Gasteiger partial charge in [0.05, 0.1) is 0 Å². The standard InChI is InChI=1S/C21H43NO2/c1-2-3-4-5-6-7-8-9-10-11-12-13-14-15-16-17-18-19-22-20-21(23)24/h10-11,21-24H,2-9,12-20H2,1H3/b11-10-. The van der Waals surface area contributed by atoms with Gasteiger partial charge >= 0.3 is 0 Å². The Balaban J connectivity index is 3.06. The maximum atomic E-state index is 8.68. The highest BCUT2D eigenvalue weighted by molar-refractivity contribution is 4.81. The summed E-state index contributed by atoms with van der Waals surface area (Å²) in [5.74, 6) is 0. The third-order valence-electron chi connectivity index (χ3n) is 4.44. The van der Waals surface area contributed by atoms with E-state index in [1.807, 2.05) is 0 Å². The zero-order chi connectivity index (χ0) is 17.7. The van der Waals surface area contributed by atoms with Crippen LogP contribution in [0.25, 0.3) is 0 Å². The lowest BCUT2D eigenvalue weighted by Crippen LogP contribution is -2.26. The molecule has 0 saturated carbocycles. The van der Waals surface area contributed by atoms with Crippen LogP contribution in [0.3, 0.4) is 0 Å². The first-order valence-corrected chi connectivity index (χ1v) is 10.5. The Morgan fingerprint density at radius 2 is 1.12 bits per heavy atom. The van der Waals surface area contributed by atoms with Gasteiger partial charge in [0.1, 0.15) is 0 Å². The minimum Gasteiger partial charge on any atom is -0.367 e. The molecule has 0 fully saturated rings. The smallest absolute Gasteiger partial charge is 0.164 e. The number of unbranched alkanes of at least 4 members (excludes halogenated alkanes) is 13. The molecule has 0 radical (unpaired) electrons. The first-order valence-electron chi connectivity index (χ1n) is 10.5. The molecule has 3 heteroatoms. The maximum absolute atomic E-state index is 8.68. The number of hydrogen-bond acceptors (Lipinski definition) is 3. The first-order chi connectivity index (χ1) is 11.8. The Hall–Kier alpha value is -0.380. The number of nitrogens with one attached hydrogen (secondary N) is 1. The van der Waals surface area contributed by atoms with Crippen molar-refractivity contribution in [1.29, 1.82) is 0 Å². The topological polar surface area (TPSA) is 52.5 Å². The Kier molecular flexibility index (Phi) is 20.3. The summed E-state index contributed by atoms with van der Waals surface area (Å²) >= 11 is 0. The summed E-state index contributed by atoms with van der Waals surface area (Å²) in [4.78, 5) is 0. The Labute approximate surface area is 150 Å². The molecule has 0 bridgehead atoms. The van der Waals surface area contributed by atoms with E-state index in [0.29, 0.717) is 0 Å². The van der Waals surface area contributed by atoms with Crippen molar-refractivity contribution in [2.45, 2.75) is 110 Å². The molecule has 0 atom stereocenters. The van der Waals surface area contributed by atoms with E-state index in [1.165, 1.54) is 89.9 Å². The summed E-state index contributed by atoms with van der Waals surface area (Å²) in [7, 11) is 0. The lowest BCUT2D eigenvalue weighted by atomic mass is 10.1. The predicted octanol–water partition coefficient (Wildman–Crippen LogP) is 5.31. The zero-order valence-electron chi connectivity index (χ0n) is 16.1. The molecule has 144 valence electrons. The van der Waals surface area contributed by atoms with Gasteiger partial charge in [0.2, 0.25) is 0 Å². The van der Waals surface area contributed by atoms with Crippen LogP contribution in [-0.4, -0.2) is 29.6 Å². The van der Waals surface area contributed by atoms with Crippen LogP contribution in [-0.2, 0) is 0 Å². The van der Waals surface area contributed by atoms with Gasteiger partial charge in [-0.25, -0.2) is 0 Å². The fourth-order valence-electron chi connectivity index (χ4n) is 2.91. The van der Waals surface area contributed by atoms with Crippen molar-refractivity contribution < 1.29 is 10.2 Å². The predicted molar refractivity (Wildman–Crippen MR) is 105 cm³/mol. The highest BCUT2D eigenvalue weighted by Crippen LogP contribution is 2.10. The number of hydrogen-bond donors (Lipinski definition) is 3. The average Bonchev–Trinajstić information content (AvgIpc) is 2.56. The second-order valence-electron chi connectivity index (χ2n) is 6.98. The van der Waals surface area contributed by atoms with Crippen molar-refractivity contribution >= 4 is 0 Å². The molecule has 24 heavy (non-hydrogen) atoms. The van der Waals surface area contributed by atoms with Crippen molar-refractivity contribution in [2.24, 2.45) is 0 Å². The highest BCUT2D eigenvalue weighted by Gasteiger charge is 1.95. The van der Waals surface area contributed by atoms with Crippen LogP contribution in [0.4, 0.5) is 0 Å². The maximum Gasteiger partial charge on any atom is 0.164 e. The summed E-state index contributed by atoms with van der Waals surface area (Å²) in [5.41, 5.74) is 0. The molecule has 0 spiro atoms. The number of rotatable bonds is 19. The summed E-state index contributed by atoms with van der Waals surface area (Å²) in [6, 6.07) is 0. The minimum atomic E-state index is -1.22. The average molecular weight is 342 g/mol. The molecular weight excluding hydrogens is 298 g/mol. The lowest BCUT2D eigenvalue weighted by Gasteiger charge is -2.05. The zero-order valence-corrected chi connectivity index (χ0v) is 16.1. The van der Waals surface area contributed by atoms with Gasteiger partial charge in [-0.3, -0.25) is 0 Å². The van der Waals surface area contributed by atoms with Crippen molar-refractivity contribution in [3.05, 3.63) is 12.2 Å². The summed E-state index contributed by atoms with van der Waals surface area (Å²) in [5, 5.41) is 20.4. The van der Waals surface area contributed by atoms with E-state index < -0.39 is 6.29 Å². The van der Waals surface area contributed by atoms with Gasteiger partial charge in [-0.1, -0.05) is 83.3 Å². The normalized spacial score (nSPS) is 11.8. The van der Waals surface area contributed by atoms with E-state index >= 15 is 0 Å². The van der Waals surface area contributed by atoms with Crippen molar-refractivity contribution in [3.63, 3.8) is 0 Å². The largest absolute Gasteiger partial charge is 0.367 e. The molecule has 0 unspecified atom stereocenters. The second-order valence-corrected chi connectivity index (χ2v) is 6.98. The SMILES string of the molecule is CCCCCCCCC/C=C\CCCCCCCCNCC(O)O. The Morgan fingerprint density at radius 1 is 0.667 bits per heavy atom. The number of allylic oxidation sites excluding steroid dienone is 2. The van der Waals surface area contributed by atoms with Crippen molar-refractivity contribution in [3.8, 4) is 0 Å². The van der Waals surface area contributed by atoms with Crippen LogP contribution >= 0.6 is 0 Å². The van der Waals surface area contributed by atoms with Gasteiger partial charge in [-0.05, 0) is 38.6 Å². The van der Waals surface area contributed by atoms with E-state index in [1.54, 1.807) is 0 Å². The van der Waals surface area contributed by atoms with Gasteiger partial charge in [-0.2, -0.15) is 0 Å². The van der Waals surface area contributed by atoms with E-state index in [0.717, 1.165) is 13.0 Å². The molecular formula is C21H43NO2. The molecule has 0 saturated heterocycles. The van der Waals surface area contributed by atoms with Crippen LogP contribution in [0.5, 0.6) is 0 Å². The Bertz CT molecular complexity index is 254. The van der Waals surface area contributed by atoms with Crippen molar-refractivity contribution in [1.82, 2.24) is 5.32 Å². The molecule has 0 aliphatic carbocycles. The molecule has 0 heterocycles. The molecule has 0 aromatic carbocycles. The second kappa shape index (κ2) is 20.7. The van der Waals surface area contributed by atoms with E-state index in [4.69, 9.17) is 10.2 Å². The van der Waals surface area contributed by atoms with Gasteiger partial charge in [-0.15, -0.1) is 0 Å². The third-order valence-corrected chi connectivity index (χ3v) is 4.44. The molecule has 0 aliphatic rings. The van der Waals surface area contributed by atoms with Crippen LogP contribution in [0.15, 0.2) is 12.2 Å². The quantitative estimate of drug-likeness (QED) is 0.169. The van der Waals surface area contributed by atoms with Gasteiger partial charge in [0, 0.05) is 6.54 Å². The minimum absolute atomic E-state index is 0.283. The van der Waals surface area contributed by atoms with E-state index in [2.05, 4.69) is 24.4 Å². The number of aliphatic hydroxyl groups is 2. The molecule has 3 N–H and O–H groups in total. The molecule has 0 aromatic heterocycles. The molecule has 0 amide bonds. The van der Waals surface area contributed by atoms with Crippen molar-refractivity contribution in [2.75, 3.05) is 13.1 Å². The van der Waals surface area contributed by atoms with Crippen LogP contribution in [0, 0.1) is 0 Å². The van der Waals surface area contributed by atoms with Gasteiger partial charge in [0.15, 0.2) is 6.29 Å². The van der Waals surface area contributed by atoms with Crippen LogP contribution < -0.4 is 5.32 Å². The monoisotopic (exact) mass is 341 g/mol. The van der Waals surface area contributed by atoms with E-state index in [-0.39, 0.29) is 6.54 Å². The van der Waals surface area contributed by atoms with Gasteiger partial charge < -0.3 is 15.5 Å². The summed E-state index contributed by atoms with van der Waals surface area (Å²) < 4.78 is 0. The molecule has 0 aliphatic heterocycles. The molecule has 0 rings (SSSR count). The number of aliphatic hydroxyl groups excluding tert-OH is 1. The molecule has 3 nitrogen and oxygen atoms in total. The first kappa shape index (κ1) is 23.6. The lowest BCUT2D eigenvalue weighted by molar-refractivity contribution is -0.0370. The summed E-state index contributed by atoms with van der Waals surface area (Å²) in [6.45, 7) is 3.44. The fourth-order valence-corrected chi connectivity index (χ4v) is 2.91. The highest BCUT2D eigenvalue weighted by atomic mass is 16.5. The van der Waals surface area contributed by atoms with Gasteiger partial charge in [0.25, 0.3) is 0 Å². The third kappa shape index (κ3) is 21.6.